The van der Waals surface area contributed by atoms with Crippen LogP contribution < -0.4 is 10.6 Å². The van der Waals surface area contributed by atoms with Gasteiger partial charge in [0.15, 0.2) is 0 Å². The van der Waals surface area contributed by atoms with Crippen molar-refractivity contribution in [3.05, 3.63) is 17.3 Å². The summed E-state index contributed by atoms with van der Waals surface area (Å²) in [5.74, 6) is 0.871. The van der Waals surface area contributed by atoms with Crippen molar-refractivity contribution in [3.63, 3.8) is 0 Å². The topological polar surface area (TPSA) is 123 Å². The third-order valence-corrected chi connectivity index (χ3v) is 7.65. The van der Waals surface area contributed by atoms with E-state index in [1.165, 1.54) is 4.90 Å². The van der Waals surface area contributed by atoms with Gasteiger partial charge in [-0.2, -0.15) is 10.1 Å². The lowest BCUT2D eigenvalue weighted by molar-refractivity contribution is 0.0795. The maximum absolute atomic E-state index is 11.3. The number of nitrogens with zero attached hydrogens (tertiary/aromatic N) is 6. The molecule has 10 nitrogen and oxygen atoms in total. The van der Waals surface area contributed by atoms with Crippen LogP contribution in [0.2, 0.25) is 25.7 Å². The van der Waals surface area contributed by atoms with Crippen LogP contribution in [0.15, 0.2) is 6.07 Å². The second kappa shape index (κ2) is 9.45. The number of aryl methyl sites for hydroxylation is 1. The molecule has 0 aliphatic carbocycles. The average Bonchev–Trinajstić information content (AvgIpc) is 3.29. The summed E-state index contributed by atoms with van der Waals surface area (Å²) in [6, 6.07) is 2.91. The first-order valence-corrected chi connectivity index (χ1v) is 14.6. The van der Waals surface area contributed by atoms with Gasteiger partial charge >= 0.3 is 6.09 Å². The summed E-state index contributed by atoms with van der Waals surface area (Å²) in [6.45, 7) is 13.3. The molecule has 32 heavy (non-hydrogen) atoms. The van der Waals surface area contributed by atoms with Gasteiger partial charge in [-0.3, -0.25) is 0 Å². The first-order valence-electron chi connectivity index (χ1n) is 10.9. The maximum atomic E-state index is 11.3. The number of carboxylic acid groups (broad SMARTS) is 1. The van der Waals surface area contributed by atoms with E-state index in [9.17, 15) is 9.90 Å². The first-order chi connectivity index (χ1) is 15.0. The van der Waals surface area contributed by atoms with Crippen LogP contribution in [0.1, 0.15) is 17.7 Å². The summed E-state index contributed by atoms with van der Waals surface area (Å²) in [4.78, 5) is 23.6. The van der Waals surface area contributed by atoms with E-state index in [0.717, 1.165) is 29.4 Å². The Kier molecular flexibility index (Phi) is 7.08. The molecular weight excluding hydrogens is 426 g/mol. The Morgan fingerprint density at radius 2 is 2.06 bits per heavy atom. The summed E-state index contributed by atoms with van der Waals surface area (Å²) in [5.41, 5.74) is 9.56. The zero-order chi connectivity index (χ0) is 23.6. The second-order valence-electron chi connectivity index (χ2n) is 9.66. The van der Waals surface area contributed by atoms with Gasteiger partial charge in [-0.15, -0.1) is 0 Å². The highest BCUT2D eigenvalue weighted by atomic mass is 28.3. The summed E-state index contributed by atoms with van der Waals surface area (Å²) in [7, 11) is 0.433. The van der Waals surface area contributed by atoms with Gasteiger partial charge in [-0.05, 0) is 31.9 Å². The van der Waals surface area contributed by atoms with Crippen molar-refractivity contribution in [3.8, 4) is 11.4 Å². The predicted molar refractivity (Wildman–Crippen MR) is 128 cm³/mol. The SMILES string of the molecule is Cc1nn(COCC[Si](C)(C)C)c(-c2cc(N3CC[C@@H](N(C)C(=O)O)C3)nc(N)n2)c1C. The molecule has 3 heterocycles. The van der Waals surface area contributed by atoms with Gasteiger partial charge in [0, 0.05) is 40.9 Å². The van der Waals surface area contributed by atoms with E-state index < -0.39 is 14.2 Å². The number of likely N-dealkylation sites (N-methyl/N-ethyl adjacent to an activating group) is 1. The van der Waals surface area contributed by atoms with E-state index in [0.29, 0.717) is 37.9 Å². The zero-order valence-electron chi connectivity index (χ0n) is 19.9. The largest absolute Gasteiger partial charge is 0.465 e. The van der Waals surface area contributed by atoms with E-state index in [1.54, 1.807) is 7.05 Å². The summed E-state index contributed by atoms with van der Waals surface area (Å²) in [5, 5.41) is 13.9. The molecule has 1 atom stereocenters. The Bertz CT molecular complexity index is 973. The van der Waals surface area contributed by atoms with E-state index in [-0.39, 0.29) is 12.0 Å². The van der Waals surface area contributed by atoms with Crippen LogP contribution >= 0.6 is 0 Å². The van der Waals surface area contributed by atoms with Gasteiger partial charge in [-0.25, -0.2) is 14.5 Å². The Hall–Kier alpha value is -2.66. The molecule has 0 spiro atoms. The molecule has 2 aromatic rings. The molecule has 1 aliphatic rings. The number of amides is 1. The van der Waals surface area contributed by atoms with Crippen LogP contribution in [0.25, 0.3) is 11.4 Å². The highest BCUT2D eigenvalue weighted by molar-refractivity contribution is 6.76. The van der Waals surface area contributed by atoms with Crippen LogP contribution in [-0.2, 0) is 11.5 Å². The fourth-order valence-corrected chi connectivity index (χ4v) is 4.53. The lowest BCUT2D eigenvalue weighted by atomic mass is 10.1. The van der Waals surface area contributed by atoms with Gasteiger partial charge in [0.05, 0.1) is 23.1 Å². The molecule has 1 saturated heterocycles. The number of ether oxygens (including phenoxy) is 1. The molecule has 1 aliphatic heterocycles. The van der Waals surface area contributed by atoms with E-state index >= 15 is 0 Å². The Morgan fingerprint density at radius 1 is 1.34 bits per heavy atom. The van der Waals surface area contributed by atoms with Crippen molar-refractivity contribution in [2.75, 3.05) is 37.4 Å². The summed E-state index contributed by atoms with van der Waals surface area (Å²) < 4.78 is 7.78. The van der Waals surface area contributed by atoms with Crippen molar-refractivity contribution in [2.45, 2.75) is 58.7 Å². The predicted octanol–water partition coefficient (Wildman–Crippen LogP) is 3.04. The van der Waals surface area contributed by atoms with Crippen molar-refractivity contribution in [1.82, 2.24) is 24.6 Å². The van der Waals surface area contributed by atoms with Gasteiger partial charge < -0.3 is 25.4 Å². The smallest absolute Gasteiger partial charge is 0.407 e. The average molecular weight is 462 g/mol. The first kappa shape index (κ1) is 24.0. The Labute approximate surface area is 190 Å². The minimum atomic E-state index is -1.17. The number of nitrogens with two attached hydrogens (primary N) is 1. The molecule has 0 aromatic carbocycles. The molecule has 0 bridgehead atoms. The fourth-order valence-electron chi connectivity index (χ4n) is 3.78. The highest BCUT2D eigenvalue weighted by Gasteiger charge is 2.30. The van der Waals surface area contributed by atoms with Crippen LogP contribution in [0, 0.1) is 13.8 Å². The third-order valence-electron chi connectivity index (χ3n) is 5.95. The monoisotopic (exact) mass is 461 g/mol. The minimum Gasteiger partial charge on any atom is -0.465 e. The molecule has 0 radical (unpaired) electrons. The van der Waals surface area contributed by atoms with Crippen LogP contribution in [-0.4, -0.2) is 76.7 Å². The van der Waals surface area contributed by atoms with Crippen molar-refractivity contribution < 1.29 is 14.6 Å². The lowest BCUT2D eigenvalue weighted by Crippen LogP contribution is -2.38. The quantitative estimate of drug-likeness (QED) is 0.454. The summed E-state index contributed by atoms with van der Waals surface area (Å²) in [6.07, 6.45) is -0.188. The van der Waals surface area contributed by atoms with E-state index in [4.69, 9.17) is 10.5 Å². The molecule has 1 fully saturated rings. The van der Waals surface area contributed by atoms with Crippen LogP contribution in [0.3, 0.4) is 0 Å². The van der Waals surface area contributed by atoms with Gasteiger partial charge in [-0.1, -0.05) is 19.6 Å². The molecule has 176 valence electrons. The van der Waals surface area contributed by atoms with Gasteiger partial charge in [0.25, 0.3) is 0 Å². The molecule has 11 heteroatoms. The highest BCUT2D eigenvalue weighted by Crippen LogP contribution is 2.29. The fraction of sp³-hybridized carbons (Fsp3) is 0.619. The molecule has 3 rings (SSSR count). The molecule has 2 aromatic heterocycles. The molecule has 0 unspecified atom stereocenters. The lowest BCUT2D eigenvalue weighted by Gasteiger charge is -2.22. The third kappa shape index (κ3) is 5.57. The van der Waals surface area contributed by atoms with Crippen LogP contribution in [0.4, 0.5) is 16.6 Å². The number of rotatable bonds is 8. The van der Waals surface area contributed by atoms with Crippen molar-refractivity contribution in [2.24, 2.45) is 0 Å². The van der Waals surface area contributed by atoms with Crippen LogP contribution in [0.5, 0.6) is 0 Å². The van der Waals surface area contributed by atoms with E-state index in [2.05, 4.69) is 39.6 Å². The Balaban J connectivity index is 1.83. The van der Waals surface area contributed by atoms with Crippen molar-refractivity contribution in [1.29, 1.82) is 0 Å². The molecule has 3 N–H and O–H groups in total. The molecule has 0 saturated carbocycles. The number of hydrogen-bond acceptors (Lipinski definition) is 7. The summed E-state index contributed by atoms with van der Waals surface area (Å²) >= 11 is 0. The number of carbonyl (C=O) groups is 1. The van der Waals surface area contributed by atoms with Gasteiger partial charge in [0.1, 0.15) is 12.5 Å². The number of nitrogen functional groups attached to an aromatic ring is 1. The standard InChI is InChI=1S/C21H35N7O3Si/c1-14-15(2)25-28(13-31-9-10-32(4,5)6)19(14)17-11-18(24-20(22)23-17)27-8-7-16(12-27)26(3)21(29)30/h11,16H,7-10,12-13H2,1-6H3,(H,29,30)(H2,22,23,24)/t16-/m1/s1. The Morgan fingerprint density at radius 3 is 2.72 bits per heavy atom. The molecule has 1 amide bonds. The molecular formula is C21H35N7O3Si. The maximum Gasteiger partial charge on any atom is 0.407 e. The van der Waals surface area contributed by atoms with E-state index in [1.807, 2.05) is 24.6 Å². The normalized spacial score (nSPS) is 16.6. The minimum absolute atomic E-state index is 0.0820. The second-order valence-corrected chi connectivity index (χ2v) is 15.3. The zero-order valence-corrected chi connectivity index (χ0v) is 20.9. The number of aromatic nitrogens is 4. The van der Waals surface area contributed by atoms with Crippen molar-refractivity contribution >= 4 is 25.9 Å². The number of anilines is 2. The number of hydrogen-bond donors (Lipinski definition) is 2. The van der Waals surface area contributed by atoms with Gasteiger partial charge in [0.2, 0.25) is 5.95 Å².